The summed E-state index contributed by atoms with van der Waals surface area (Å²) in [5.41, 5.74) is -0.0669. The largest absolute Gasteiger partial charge is 0.433 e. The Kier molecular flexibility index (Phi) is 4.48. The molecule has 2 aromatic rings. The molecule has 1 N–H and O–H groups in total. The number of benzene rings is 1. The molecule has 1 heterocycles. The number of hydrogen-bond donors (Lipinski definition) is 1. The topological polar surface area (TPSA) is 81.0 Å². The van der Waals surface area contributed by atoms with Crippen LogP contribution in [0.1, 0.15) is 29.8 Å². The summed E-state index contributed by atoms with van der Waals surface area (Å²) in [4.78, 5) is 17.6. The van der Waals surface area contributed by atoms with Crippen LogP contribution in [0.4, 0.5) is 24.8 Å². The lowest BCUT2D eigenvalue weighted by Crippen LogP contribution is -2.14. The van der Waals surface area contributed by atoms with E-state index in [0.29, 0.717) is 11.1 Å². The van der Waals surface area contributed by atoms with Crippen LogP contribution in [0.25, 0.3) is 0 Å². The van der Waals surface area contributed by atoms with Crippen LogP contribution < -0.4 is 5.32 Å². The van der Waals surface area contributed by atoms with Crippen molar-refractivity contribution in [2.45, 2.75) is 26.1 Å². The van der Waals surface area contributed by atoms with Gasteiger partial charge in [-0.05, 0) is 25.5 Å². The van der Waals surface area contributed by atoms with Crippen LogP contribution in [0.2, 0.25) is 0 Å². The molecule has 1 unspecified atom stereocenters. The number of nitrogens with zero attached hydrogens (tertiary/aromatic N) is 3. The van der Waals surface area contributed by atoms with Crippen LogP contribution in [-0.2, 0) is 6.18 Å². The quantitative estimate of drug-likeness (QED) is 0.681. The molecule has 2 rings (SSSR count). The molecule has 0 saturated heterocycles. The number of nitro benzene ring substituents is 1. The summed E-state index contributed by atoms with van der Waals surface area (Å²) in [5.74, 6) is -0.199. The van der Waals surface area contributed by atoms with E-state index in [1.54, 1.807) is 26.0 Å². The highest BCUT2D eigenvalue weighted by Gasteiger charge is 2.32. The van der Waals surface area contributed by atoms with Gasteiger partial charge in [-0.1, -0.05) is 12.1 Å². The lowest BCUT2D eigenvalue weighted by atomic mass is 10.0. The highest BCUT2D eigenvalue weighted by Crippen LogP contribution is 2.29. The van der Waals surface area contributed by atoms with Gasteiger partial charge in [-0.15, -0.1) is 0 Å². The molecule has 0 saturated carbocycles. The molecule has 0 amide bonds. The maximum Gasteiger partial charge on any atom is 0.433 e. The lowest BCUT2D eigenvalue weighted by Gasteiger charge is -2.15. The molecule has 0 aliphatic heterocycles. The Balaban J connectivity index is 2.24. The van der Waals surface area contributed by atoms with Gasteiger partial charge in [0.15, 0.2) is 0 Å². The van der Waals surface area contributed by atoms with E-state index in [9.17, 15) is 23.3 Å². The molecular formula is C14H13F3N4O2. The van der Waals surface area contributed by atoms with E-state index in [2.05, 4.69) is 15.3 Å². The third kappa shape index (κ3) is 3.93. The standard InChI is InChI=1S/C14H13F3N4O2/c1-8-3-4-10(7-11(8)21(22)23)9(2)19-13-18-6-5-12(20-13)14(15,16)17/h3-7,9H,1-2H3,(H,18,19,20). The molecule has 1 aromatic carbocycles. The molecule has 122 valence electrons. The van der Waals surface area contributed by atoms with Crippen molar-refractivity contribution >= 4 is 11.6 Å². The zero-order chi connectivity index (χ0) is 17.2. The van der Waals surface area contributed by atoms with Crippen LogP contribution in [0.3, 0.4) is 0 Å². The zero-order valence-electron chi connectivity index (χ0n) is 12.3. The van der Waals surface area contributed by atoms with Gasteiger partial charge in [-0.25, -0.2) is 9.97 Å². The summed E-state index contributed by atoms with van der Waals surface area (Å²) in [6, 6.07) is 4.89. The maximum atomic E-state index is 12.6. The van der Waals surface area contributed by atoms with Crippen molar-refractivity contribution < 1.29 is 18.1 Å². The molecule has 0 aliphatic rings. The van der Waals surface area contributed by atoms with Gasteiger partial charge in [0.2, 0.25) is 5.95 Å². The fourth-order valence-corrected chi connectivity index (χ4v) is 1.96. The number of alkyl halides is 3. The zero-order valence-corrected chi connectivity index (χ0v) is 12.3. The number of aromatic nitrogens is 2. The minimum Gasteiger partial charge on any atom is -0.348 e. The summed E-state index contributed by atoms with van der Waals surface area (Å²) < 4.78 is 37.9. The Hall–Kier alpha value is -2.71. The average molecular weight is 326 g/mol. The van der Waals surface area contributed by atoms with Gasteiger partial charge in [0, 0.05) is 17.8 Å². The van der Waals surface area contributed by atoms with Crippen molar-refractivity contribution in [3.8, 4) is 0 Å². The van der Waals surface area contributed by atoms with Crippen molar-refractivity contribution in [1.29, 1.82) is 0 Å². The van der Waals surface area contributed by atoms with E-state index in [1.165, 1.54) is 6.07 Å². The average Bonchev–Trinajstić information content (AvgIpc) is 2.46. The molecule has 1 atom stereocenters. The Morgan fingerprint density at radius 2 is 2.00 bits per heavy atom. The Labute approximate surface area is 129 Å². The molecular weight excluding hydrogens is 313 g/mol. The van der Waals surface area contributed by atoms with Gasteiger partial charge in [0.1, 0.15) is 5.69 Å². The molecule has 6 nitrogen and oxygen atoms in total. The highest BCUT2D eigenvalue weighted by atomic mass is 19.4. The molecule has 1 aromatic heterocycles. The van der Waals surface area contributed by atoms with Gasteiger partial charge in [-0.2, -0.15) is 13.2 Å². The minimum absolute atomic E-state index is 0.0545. The molecule has 0 radical (unpaired) electrons. The second kappa shape index (κ2) is 6.19. The van der Waals surface area contributed by atoms with Crippen molar-refractivity contribution in [2.24, 2.45) is 0 Å². The van der Waals surface area contributed by atoms with Crippen LogP contribution in [-0.4, -0.2) is 14.9 Å². The number of nitro groups is 1. The Morgan fingerprint density at radius 1 is 1.30 bits per heavy atom. The van der Waals surface area contributed by atoms with Crippen LogP contribution in [0, 0.1) is 17.0 Å². The summed E-state index contributed by atoms with van der Waals surface area (Å²) >= 11 is 0. The summed E-state index contributed by atoms with van der Waals surface area (Å²) in [6.45, 7) is 3.26. The van der Waals surface area contributed by atoms with Crippen molar-refractivity contribution in [3.63, 3.8) is 0 Å². The number of anilines is 1. The summed E-state index contributed by atoms with van der Waals surface area (Å²) in [6.07, 6.45) is -3.56. The molecule has 9 heteroatoms. The molecule has 23 heavy (non-hydrogen) atoms. The van der Waals surface area contributed by atoms with Crippen molar-refractivity contribution in [2.75, 3.05) is 5.32 Å². The van der Waals surface area contributed by atoms with E-state index in [0.717, 1.165) is 12.3 Å². The summed E-state index contributed by atoms with van der Waals surface area (Å²) in [5, 5.41) is 13.7. The minimum atomic E-state index is -4.56. The molecule has 0 aliphatic carbocycles. The van der Waals surface area contributed by atoms with E-state index >= 15 is 0 Å². The third-order valence-corrected chi connectivity index (χ3v) is 3.22. The van der Waals surface area contributed by atoms with Crippen LogP contribution >= 0.6 is 0 Å². The molecule has 0 fully saturated rings. The molecule has 0 bridgehead atoms. The highest BCUT2D eigenvalue weighted by molar-refractivity contribution is 5.45. The monoisotopic (exact) mass is 326 g/mol. The normalized spacial score (nSPS) is 12.7. The number of halogens is 3. The number of nitrogens with one attached hydrogen (secondary N) is 1. The van der Waals surface area contributed by atoms with E-state index < -0.39 is 22.8 Å². The predicted octanol–water partition coefficient (Wildman–Crippen LogP) is 3.89. The third-order valence-electron chi connectivity index (χ3n) is 3.22. The first-order valence-corrected chi connectivity index (χ1v) is 6.60. The molecule has 0 spiro atoms. The summed E-state index contributed by atoms with van der Waals surface area (Å²) in [7, 11) is 0. The smallest absolute Gasteiger partial charge is 0.348 e. The van der Waals surface area contributed by atoms with Gasteiger partial charge >= 0.3 is 6.18 Å². The maximum absolute atomic E-state index is 12.6. The fraction of sp³-hybridized carbons (Fsp3) is 0.286. The SMILES string of the molecule is Cc1ccc(C(C)Nc2nccc(C(F)(F)F)n2)cc1[N+](=O)[O-]. The van der Waals surface area contributed by atoms with Crippen molar-refractivity contribution in [1.82, 2.24) is 9.97 Å². The fourth-order valence-electron chi connectivity index (χ4n) is 1.96. The van der Waals surface area contributed by atoms with Crippen LogP contribution in [0.15, 0.2) is 30.5 Å². The van der Waals surface area contributed by atoms with Gasteiger partial charge < -0.3 is 5.32 Å². The van der Waals surface area contributed by atoms with E-state index in [4.69, 9.17) is 0 Å². The predicted molar refractivity (Wildman–Crippen MR) is 76.9 cm³/mol. The second-order valence-electron chi connectivity index (χ2n) is 4.93. The van der Waals surface area contributed by atoms with Gasteiger partial charge in [0.05, 0.1) is 11.0 Å². The Bertz CT molecular complexity index is 734. The number of aryl methyl sites for hydroxylation is 1. The van der Waals surface area contributed by atoms with Gasteiger partial charge in [0.25, 0.3) is 5.69 Å². The van der Waals surface area contributed by atoms with Crippen molar-refractivity contribution in [3.05, 3.63) is 57.4 Å². The second-order valence-corrected chi connectivity index (χ2v) is 4.93. The first kappa shape index (κ1) is 16.7. The van der Waals surface area contributed by atoms with E-state index in [1.807, 2.05) is 0 Å². The number of rotatable bonds is 4. The Morgan fingerprint density at radius 3 is 2.61 bits per heavy atom. The van der Waals surface area contributed by atoms with Gasteiger partial charge in [-0.3, -0.25) is 10.1 Å². The number of hydrogen-bond acceptors (Lipinski definition) is 5. The first-order chi connectivity index (χ1) is 10.7. The van der Waals surface area contributed by atoms with Crippen LogP contribution in [0.5, 0.6) is 0 Å². The lowest BCUT2D eigenvalue weighted by molar-refractivity contribution is -0.385. The van der Waals surface area contributed by atoms with E-state index in [-0.39, 0.29) is 11.6 Å². The first-order valence-electron chi connectivity index (χ1n) is 6.60.